The molecule has 2 aromatic rings. The van der Waals surface area contributed by atoms with Gasteiger partial charge >= 0.3 is 0 Å². The standard InChI is InChI=1S/C17H24N4O4/c1-5-10(2)16(13-8-18-25-12(13)4)24-15-7-6-14(20-21-15)17(23)19-11(3)9-22/h6-8,10-11,16,22H,5,9H2,1-4H3,(H,19,23)/t10?,11?,16-/m1/s1. The van der Waals surface area contributed by atoms with Crippen LogP contribution >= 0.6 is 0 Å². The zero-order chi connectivity index (χ0) is 18.4. The summed E-state index contributed by atoms with van der Waals surface area (Å²) in [5.74, 6) is 0.840. The number of hydrogen-bond donors (Lipinski definition) is 2. The van der Waals surface area contributed by atoms with Crippen molar-refractivity contribution in [1.82, 2.24) is 20.7 Å². The fraction of sp³-hybridized carbons (Fsp3) is 0.529. The predicted molar refractivity (Wildman–Crippen MR) is 90.1 cm³/mol. The molecule has 0 spiro atoms. The highest BCUT2D eigenvalue weighted by Gasteiger charge is 2.25. The van der Waals surface area contributed by atoms with Crippen LogP contribution in [0.4, 0.5) is 0 Å². The minimum atomic E-state index is -0.394. The molecule has 2 rings (SSSR count). The van der Waals surface area contributed by atoms with Crippen molar-refractivity contribution in [2.45, 2.75) is 46.3 Å². The summed E-state index contributed by atoms with van der Waals surface area (Å²) in [6.45, 7) is 7.53. The van der Waals surface area contributed by atoms with Crippen LogP contribution in [0.1, 0.15) is 55.1 Å². The average molecular weight is 348 g/mol. The Labute approximate surface area is 146 Å². The maximum Gasteiger partial charge on any atom is 0.272 e. The van der Waals surface area contributed by atoms with Gasteiger partial charge in [-0.1, -0.05) is 19.0 Å². The average Bonchev–Trinajstić information content (AvgIpc) is 3.05. The van der Waals surface area contributed by atoms with Gasteiger partial charge in [0.1, 0.15) is 11.9 Å². The van der Waals surface area contributed by atoms with Gasteiger partial charge in [0.05, 0.1) is 18.4 Å². The summed E-state index contributed by atoms with van der Waals surface area (Å²) >= 11 is 0. The Balaban J connectivity index is 2.12. The van der Waals surface area contributed by atoms with E-state index in [0.29, 0.717) is 11.6 Å². The van der Waals surface area contributed by atoms with Crippen LogP contribution in [0.2, 0.25) is 0 Å². The molecule has 0 radical (unpaired) electrons. The topological polar surface area (TPSA) is 110 Å². The second-order valence-corrected chi connectivity index (χ2v) is 6.08. The highest BCUT2D eigenvalue weighted by atomic mass is 16.5. The van der Waals surface area contributed by atoms with E-state index in [1.54, 1.807) is 19.2 Å². The molecular formula is C17H24N4O4. The van der Waals surface area contributed by atoms with Crippen LogP contribution in [-0.2, 0) is 0 Å². The Bertz CT molecular complexity index is 686. The lowest BCUT2D eigenvalue weighted by Gasteiger charge is -2.22. The smallest absolute Gasteiger partial charge is 0.272 e. The molecule has 0 saturated heterocycles. The molecule has 2 N–H and O–H groups in total. The molecule has 8 heteroatoms. The van der Waals surface area contributed by atoms with E-state index in [9.17, 15) is 4.79 Å². The SMILES string of the molecule is CCC(C)[C@@H](Oc1ccc(C(=O)NC(C)CO)nn1)c1cnoc1C. The minimum absolute atomic E-state index is 0.144. The predicted octanol–water partition coefficient (Wildman–Crippen LogP) is 2.05. The van der Waals surface area contributed by atoms with Gasteiger partial charge in [-0.15, -0.1) is 10.2 Å². The Morgan fingerprint density at radius 3 is 2.64 bits per heavy atom. The number of aliphatic hydroxyl groups is 1. The molecule has 0 bridgehead atoms. The summed E-state index contributed by atoms with van der Waals surface area (Å²) in [5, 5.41) is 23.3. The second kappa shape index (κ2) is 8.57. The molecule has 2 heterocycles. The van der Waals surface area contributed by atoms with Gasteiger partial charge < -0.3 is 19.7 Å². The van der Waals surface area contributed by atoms with Gasteiger partial charge in [0.15, 0.2) is 5.69 Å². The first-order valence-electron chi connectivity index (χ1n) is 8.29. The third kappa shape index (κ3) is 4.76. The van der Waals surface area contributed by atoms with E-state index in [-0.39, 0.29) is 30.4 Å². The first kappa shape index (κ1) is 18.9. The number of nitrogens with zero attached hydrogens (tertiary/aromatic N) is 3. The Hall–Kier alpha value is -2.48. The largest absolute Gasteiger partial charge is 0.468 e. The summed E-state index contributed by atoms with van der Waals surface area (Å²) < 4.78 is 11.1. The van der Waals surface area contributed by atoms with Crippen LogP contribution in [0.5, 0.6) is 5.88 Å². The maximum absolute atomic E-state index is 11.9. The molecule has 0 saturated carbocycles. The minimum Gasteiger partial charge on any atom is -0.468 e. The molecule has 2 unspecified atom stereocenters. The Morgan fingerprint density at radius 1 is 1.36 bits per heavy atom. The van der Waals surface area contributed by atoms with Gasteiger partial charge in [-0.2, -0.15) is 0 Å². The first-order valence-corrected chi connectivity index (χ1v) is 8.29. The van der Waals surface area contributed by atoms with Crippen molar-refractivity contribution in [3.8, 4) is 5.88 Å². The number of aliphatic hydroxyl groups excluding tert-OH is 1. The van der Waals surface area contributed by atoms with E-state index in [0.717, 1.165) is 12.0 Å². The summed E-state index contributed by atoms with van der Waals surface area (Å²) in [7, 11) is 0. The Kier molecular flexibility index (Phi) is 6.46. The number of carbonyl (C=O) groups excluding carboxylic acids is 1. The molecule has 2 aromatic heterocycles. The van der Waals surface area contributed by atoms with Crippen molar-refractivity contribution in [3.05, 3.63) is 35.3 Å². The molecule has 0 aromatic carbocycles. The highest BCUT2D eigenvalue weighted by Crippen LogP contribution is 2.31. The van der Waals surface area contributed by atoms with Crippen molar-refractivity contribution in [2.75, 3.05) is 6.61 Å². The molecular weight excluding hydrogens is 324 g/mol. The van der Waals surface area contributed by atoms with E-state index in [1.165, 1.54) is 6.07 Å². The molecule has 25 heavy (non-hydrogen) atoms. The quantitative estimate of drug-likeness (QED) is 0.751. The summed E-state index contributed by atoms with van der Waals surface area (Å²) in [6, 6.07) is 2.79. The van der Waals surface area contributed by atoms with Gasteiger partial charge in [0.25, 0.3) is 5.91 Å². The fourth-order valence-corrected chi connectivity index (χ4v) is 2.26. The number of aromatic nitrogens is 3. The molecule has 8 nitrogen and oxygen atoms in total. The van der Waals surface area contributed by atoms with Crippen LogP contribution in [0, 0.1) is 12.8 Å². The van der Waals surface area contributed by atoms with Crippen molar-refractivity contribution in [3.63, 3.8) is 0 Å². The zero-order valence-electron chi connectivity index (χ0n) is 14.9. The van der Waals surface area contributed by atoms with Crippen molar-refractivity contribution in [2.24, 2.45) is 5.92 Å². The van der Waals surface area contributed by atoms with Crippen LogP contribution in [0.3, 0.4) is 0 Å². The van der Waals surface area contributed by atoms with Crippen LogP contribution < -0.4 is 10.1 Å². The monoisotopic (exact) mass is 348 g/mol. The second-order valence-electron chi connectivity index (χ2n) is 6.08. The summed E-state index contributed by atoms with van der Waals surface area (Å²) in [4.78, 5) is 11.9. The van der Waals surface area contributed by atoms with Crippen molar-refractivity contribution >= 4 is 5.91 Å². The molecule has 0 aliphatic heterocycles. The molecule has 0 aliphatic carbocycles. The number of ether oxygens (including phenoxy) is 1. The number of rotatable bonds is 8. The van der Waals surface area contributed by atoms with Gasteiger partial charge in [-0.25, -0.2) is 0 Å². The van der Waals surface area contributed by atoms with E-state index < -0.39 is 5.91 Å². The third-order valence-corrected chi connectivity index (χ3v) is 4.03. The van der Waals surface area contributed by atoms with E-state index in [4.69, 9.17) is 14.4 Å². The lowest BCUT2D eigenvalue weighted by Crippen LogP contribution is -2.35. The lowest BCUT2D eigenvalue weighted by atomic mass is 9.96. The number of aryl methyl sites for hydroxylation is 1. The number of amides is 1. The Morgan fingerprint density at radius 2 is 2.12 bits per heavy atom. The molecule has 0 fully saturated rings. The maximum atomic E-state index is 11.9. The van der Waals surface area contributed by atoms with E-state index in [2.05, 4.69) is 34.5 Å². The van der Waals surface area contributed by atoms with Gasteiger partial charge in [0.2, 0.25) is 5.88 Å². The van der Waals surface area contributed by atoms with Gasteiger partial charge in [0, 0.05) is 12.1 Å². The normalized spacial score (nSPS) is 14.6. The van der Waals surface area contributed by atoms with Crippen molar-refractivity contribution < 1.29 is 19.2 Å². The molecule has 136 valence electrons. The number of nitrogens with one attached hydrogen (secondary N) is 1. The first-order chi connectivity index (χ1) is 12.0. The third-order valence-electron chi connectivity index (χ3n) is 4.03. The van der Waals surface area contributed by atoms with Crippen LogP contribution in [0.25, 0.3) is 0 Å². The fourth-order valence-electron chi connectivity index (χ4n) is 2.26. The van der Waals surface area contributed by atoms with Crippen LogP contribution in [0.15, 0.2) is 22.9 Å². The molecule has 0 aliphatic rings. The highest BCUT2D eigenvalue weighted by molar-refractivity contribution is 5.92. The molecule has 1 amide bonds. The van der Waals surface area contributed by atoms with Gasteiger partial charge in [-0.05, 0) is 32.3 Å². The van der Waals surface area contributed by atoms with E-state index in [1.807, 2.05) is 6.92 Å². The number of carbonyl (C=O) groups is 1. The van der Waals surface area contributed by atoms with Crippen molar-refractivity contribution in [1.29, 1.82) is 0 Å². The zero-order valence-corrected chi connectivity index (χ0v) is 14.9. The van der Waals surface area contributed by atoms with Gasteiger partial charge in [-0.3, -0.25) is 4.79 Å². The summed E-state index contributed by atoms with van der Waals surface area (Å²) in [5.41, 5.74) is 1.03. The van der Waals surface area contributed by atoms with E-state index >= 15 is 0 Å². The number of hydrogen-bond acceptors (Lipinski definition) is 7. The molecule has 3 atom stereocenters. The summed E-state index contributed by atoms with van der Waals surface area (Å²) in [6.07, 6.45) is 2.29. The van der Waals surface area contributed by atoms with Crippen LogP contribution in [-0.4, -0.2) is 39.0 Å². The lowest BCUT2D eigenvalue weighted by molar-refractivity contribution is 0.0915.